The molecule has 0 bridgehead atoms. The summed E-state index contributed by atoms with van der Waals surface area (Å²) < 4.78 is 5.20. The van der Waals surface area contributed by atoms with Crippen molar-refractivity contribution in [1.82, 2.24) is 9.97 Å². The third-order valence-corrected chi connectivity index (χ3v) is 4.25. The van der Waals surface area contributed by atoms with Gasteiger partial charge in [0, 0.05) is 29.3 Å². The van der Waals surface area contributed by atoms with E-state index in [0.29, 0.717) is 0 Å². The van der Waals surface area contributed by atoms with Crippen LogP contribution < -0.4 is 15.4 Å². The lowest BCUT2D eigenvalue weighted by Gasteiger charge is -2.10. The molecule has 0 amide bonds. The summed E-state index contributed by atoms with van der Waals surface area (Å²) >= 11 is 0. The van der Waals surface area contributed by atoms with Gasteiger partial charge in [-0.1, -0.05) is 18.2 Å². The highest BCUT2D eigenvalue weighted by Crippen LogP contribution is 2.27. The van der Waals surface area contributed by atoms with Crippen molar-refractivity contribution in [1.29, 1.82) is 0 Å². The molecule has 0 unspecified atom stereocenters. The van der Waals surface area contributed by atoms with Gasteiger partial charge in [-0.05, 0) is 60.2 Å². The van der Waals surface area contributed by atoms with Crippen LogP contribution in [0.3, 0.4) is 0 Å². The molecule has 4 rings (SSSR count). The molecule has 28 heavy (non-hydrogen) atoms. The first-order valence-corrected chi connectivity index (χ1v) is 8.95. The summed E-state index contributed by atoms with van der Waals surface area (Å²) in [5.74, 6) is 1.64. The van der Waals surface area contributed by atoms with Crippen molar-refractivity contribution in [2.24, 2.45) is 0 Å². The Morgan fingerprint density at radius 1 is 0.714 bits per heavy atom. The Kier molecular flexibility index (Phi) is 5.15. The summed E-state index contributed by atoms with van der Waals surface area (Å²) in [6, 6.07) is 23.9. The molecule has 4 aromatic rings. The number of anilines is 4. The Balaban J connectivity index is 1.54. The van der Waals surface area contributed by atoms with Gasteiger partial charge in [0.25, 0.3) is 0 Å². The van der Waals surface area contributed by atoms with Gasteiger partial charge in [0.1, 0.15) is 11.6 Å². The first-order valence-electron chi connectivity index (χ1n) is 8.95. The molecule has 0 aliphatic rings. The van der Waals surface area contributed by atoms with E-state index in [9.17, 15) is 0 Å². The summed E-state index contributed by atoms with van der Waals surface area (Å²) in [5, 5.41) is 6.70. The number of rotatable bonds is 6. The fourth-order valence-corrected chi connectivity index (χ4v) is 2.87. The molecular formula is C23H20N4O. The van der Waals surface area contributed by atoms with Crippen molar-refractivity contribution < 1.29 is 4.74 Å². The highest BCUT2D eigenvalue weighted by molar-refractivity contribution is 5.73. The topological polar surface area (TPSA) is 59.1 Å². The Bertz CT molecular complexity index is 1050. The Hall–Kier alpha value is -3.86. The van der Waals surface area contributed by atoms with E-state index in [1.807, 2.05) is 67.0 Å². The van der Waals surface area contributed by atoms with Crippen LogP contribution in [0.15, 0.2) is 91.4 Å². The zero-order valence-corrected chi connectivity index (χ0v) is 15.5. The van der Waals surface area contributed by atoms with E-state index in [2.05, 4.69) is 38.8 Å². The molecule has 0 fully saturated rings. The van der Waals surface area contributed by atoms with Crippen LogP contribution in [0.25, 0.3) is 11.1 Å². The minimum atomic E-state index is 0.813. The second-order valence-corrected chi connectivity index (χ2v) is 6.24. The van der Waals surface area contributed by atoms with Crippen molar-refractivity contribution in [2.75, 3.05) is 17.7 Å². The van der Waals surface area contributed by atoms with Crippen LogP contribution in [-0.2, 0) is 0 Å². The molecule has 0 saturated carbocycles. The Morgan fingerprint density at radius 3 is 2.36 bits per heavy atom. The predicted octanol–water partition coefficient (Wildman–Crippen LogP) is 5.64. The number of hydrogen-bond donors (Lipinski definition) is 2. The first kappa shape index (κ1) is 17.5. The van der Waals surface area contributed by atoms with E-state index in [0.717, 1.165) is 39.8 Å². The predicted molar refractivity (Wildman–Crippen MR) is 113 cm³/mol. The van der Waals surface area contributed by atoms with Crippen LogP contribution in [0.2, 0.25) is 0 Å². The van der Waals surface area contributed by atoms with Crippen molar-refractivity contribution in [3.8, 4) is 16.9 Å². The fraction of sp³-hybridized carbons (Fsp3) is 0.0435. The average Bonchev–Trinajstić information content (AvgIpc) is 2.75. The summed E-state index contributed by atoms with van der Waals surface area (Å²) in [6.07, 6.45) is 5.44. The number of aromatic nitrogens is 2. The summed E-state index contributed by atoms with van der Waals surface area (Å²) in [7, 11) is 1.66. The molecule has 2 heterocycles. The van der Waals surface area contributed by atoms with Crippen molar-refractivity contribution in [3.05, 3.63) is 91.4 Å². The lowest BCUT2D eigenvalue weighted by atomic mass is 10.1. The van der Waals surface area contributed by atoms with Gasteiger partial charge in [0.05, 0.1) is 19.0 Å². The van der Waals surface area contributed by atoms with Crippen molar-refractivity contribution in [2.45, 2.75) is 0 Å². The number of pyridine rings is 2. The normalized spacial score (nSPS) is 10.3. The smallest absolute Gasteiger partial charge is 0.130 e. The molecular weight excluding hydrogens is 348 g/mol. The quantitative estimate of drug-likeness (QED) is 0.461. The highest BCUT2D eigenvalue weighted by atomic mass is 16.5. The van der Waals surface area contributed by atoms with Gasteiger partial charge in [-0.15, -0.1) is 0 Å². The number of ether oxygens (including phenoxy) is 1. The summed E-state index contributed by atoms with van der Waals surface area (Å²) in [4.78, 5) is 8.69. The molecule has 0 saturated heterocycles. The van der Waals surface area contributed by atoms with E-state index in [4.69, 9.17) is 4.74 Å². The van der Waals surface area contributed by atoms with Crippen LogP contribution in [0.5, 0.6) is 5.75 Å². The van der Waals surface area contributed by atoms with E-state index in [1.165, 1.54) is 0 Å². The molecule has 2 aromatic heterocycles. The molecule has 2 aromatic carbocycles. The zero-order chi connectivity index (χ0) is 19.2. The lowest BCUT2D eigenvalue weighted by molar-refractivity contribution is 0.415. The zero-order valence-electron chi connectivity index (χ0n) is 15.5. The Labute approximate surface area is 164 Å². The number of methoxy groups -OCH3 is 1. The van der Waals surface area contributed by atoms with Crippen LogP contribution in [-0.4, -0.2) is 17.1 Å². The van der Waals surface area contributed by atoms with E-state index >= 15 is 0 Å². The summed E-state index contributed by atoms with van der Waals surface area (Å²) in [5.41, 5.74) is 4.98. The first-order chi connectivity index (χ1) is 13.8. The highest BCUT2D eigenvalue weighted by Gasteiger charge is 2.03. The van der Waals surface area contributed by atoms with Gasteiger partial charge in [-0.25, -0.2) is 4.98 Å². The molecule has 0 aliphatic carbocycles. The third-order valence-electron chi connectivity index (χ3n) is 4.25. The maximum atomic E-state index is 5.20. The van der Waals surface area contributed by atoms with Gasteiger partial charge in [-0.2, -0.15) is 0 Å². The Morgan fingerprint density at radius 2 is 1.57 bits per heavy atom. The minimum Gasteiger partial charge on any atom is -0.497 e. The maximum Gasteiger partial charge on any atom is 0.130 e. The third kappa shape index (κ3) is 4.27. The molecule has 0 radical (unpaired) electrons. The van der Waals surface area contributed by atoms with Crippen molar-refractivity contribution >= 4 is 22.9 Å². The molecule has 5 nitrogen and oxygen atoms in total. The van der Waals surface area contributed by atoms with Gasteiger partial charge < -0.3 is 15.4 Å². The number of benzene rings is 2. The molecule has 5 heteroatoms. The largest absolute Gasteiger partial charge is 0.497 e. The van der Waals surface area contributed by atoms with Crippen LogP contribution in [0, 0.1) is 0 Å². The van der Waals surface area contributed by atoms with Crippen molar-refractivity contribution in [3.63, 3.8) is 0 Å². The monoisotopic (exact) mass is 368 g/mol. The van der Waals surface area contributed by atoms with E-state index in [-0.39, 0.29) is 0 Å². The molecule has 0 spiro atoms. The van der Waals surface area contributed by atoms with Gasteiger partial charge in [0.15, 0.2) is 0 Å². The molecule has 0 atom stereocenters. The van der Waals surface area contributed by atoms with Crippen LogP contribution in [0.1, 0.15) is 0 Å². The second kappa shape index (κ2) is 8.22. The molecule has 0 aliphatic heterocycles. The van der Waals surface area contributed by atoms with Gasteiger partial charge >= 0.3 is 0 Å². The fourth-order valence-electron chi connectivity index (χ4n) is 2.87. The number of hydrogen-bond acceptors (Lipinski definition) is 5. The number of nitrogens with one attached hydrogen (secondary N) is 2. The van der Waals surface area contributed by atoms with Crippen LogP contribution >= 0.6 is 0 Å². The SMILES string of the molecule is COc1ccc(Nc2cncc(-c3cccc(Nc4ccccn4)c3)c2)cc1. The minimum absolute atomic E-state index is 0.813. The second-order valence-electron chi connectivity index (χ2n) is 6.24. The maximum absolute atomic E-state index is 5.20. The van der Waals surface area contributed by atoms with Gasteiger partial charge in [-0.3, -0.25) is 4.98 Å². The lowest BCUT2D eigenvalue weighted by Crippen LogP contribution is -1.94. The molecule has 2 N–H and O–H groups in total. The average molecular weight is 368 g/mol. The van der Waals surface area contributed by atoms with Gasteiger partial charge in [0.2, 0.25) is 0 Å². The standard InChI is InChI=1S/C23H20N4O/c1-28-22-10-8-19(9-11-22)26-21-14-18(15-24-16-21)17-5-4-6-20(13-17)27-23-7-2-3-12-25-23/h2-16,26H,1H3,(H,25,27). The van der Waals surface area contributed by atoms with E-state index in [1.54, 1.807) is 13.3 Å². The summed E-state index contributed by atoms with van der Waals surface area (Å²) in [6.45, 7) is 0. The molecule has 138 valence electrons. The van der Waals surface area contributed by atoms with E-state index < -0.39 is 0 Å². The van der Waals surface area contributed by atoms with Crippen LogP contribution in [0.4, 0.5) is 22.9 Å². The number of nitrogens with zero attached hydrogens (tertiary/aromatic N) is 2.